The van der Waals surface area contributed by atoms with Crippen LogP contribution < -0.4 is 0 Å². The van der Waals surface area contributed by atoms with Gasteiger partial charge in [0.2, 0.25) is 0 Å². The van der Waals surface area contributed by atoms with E-state index in [0.29, 0.717) is 24.1 Å². The van der Waals surface area contributed by atoms with Gasteiger partial charge in [0.25, 0.3) is 0 Å². The second kappa shape index (κ2) is 4.63. The molecule has 1 aliphatic heterocycles. The molecule has 1 fully saturated rings. The zero-order valence-corrected chi connectivity index (χ0v) is 10.1. The lowest BCUT2D eigenvalue weighted by molar-refractivity contribution is 0.121. The molecule has 2 nitrogen and oxygen atoms in total. The summed E-state index contributed by atoms with van der Waals surface area (Å²) in [5, 5.41) is 8.96. The quantitative estimate of drug-likeness (QED) is 0.751. The fourth-order valence-electron chi connectivity index (χ4n) is 2.79. The lowest BCUT2D eigenvalue weighted by Crippen LogP contribution is -2.43. The van der Waals surface area contributed by atoms with Gasteiger partial charge in [-0.25, -0.2) is 0 Å². The Morgan fingerprint density at radius 1 is 1.50 bits per heavy atom. The lowest BCUT2D eigenvalue weighted by atomic mass is 9.94. The van der Waals surface area contributed by atoms with Crippen LogP contribution in [0.4, 0.5) is 0 Å². The molecule has 1 rings (SSSR count). The third-order valence-corrected chi connectivity index (χ3v) is 3.68. The maximum Gasteiger partial charge on any atom is 0.0434 e. The number of nitrogens with zero attached hydrogens (tertiary/aromatic N) is 1. The summed E-state index contributed by atoms with van der Waals surface area (Å²) in [6.45, 7) is 10.7. The van der Waals surface area contributed by atoms with Crippen LogP contribution in [0.3, 0.4) is 0 Å². The first-order chi connectivity index (χ1) is 6.51. The van der Waals surface area contributed by atoms with Gasteiger partial charge in [-0.05, 0) is 46.0 Å². The molecule has 14 heavy (non-hydrogen) atoms. The van der Waals surface area contributed by atoms with Gasteiger partial charge < -0.3 is 5.11 Å². The highest BCUT2D eigenvalue weighted by Gasteiger charge is 2.39. The second-order valence-electron chi connectivity index (χ2n) is 5.30. The van der Waals surface area contributed by atoms with Crippen molar-refractivity contribution >= 4 is 0 Å². The van der Waals surface area contributed by atoms with Crippen LogP contribution >= 0.6 is 0 Å². The van der Waals surface area contributed by atoms with E-state index in [4.69, 9.17) is 5.11 Å². The highest BCUT2D eigenvalue weighted by molar-refractivity contribution is 4.94. The molecule has 0 spiro atoms. The molecular weight excluding hydrogens is 174 g/mol. The van der Waals surface area contributed by atoms with Crippen molar-refractivity contribution in [2.45, 2.75) is 58.5 Å². The molecule has 2 unspecified atom stereocenters. The summed E-state index contributed by atoms with van der Waals surface area (Å²) >= 11 is 0. The Balaban J connectivity index is 2.59. The van der Waals surface area contributed by atoms with Gasteiger partial charge in [-0.1, -0.05) is 6.92 Å². The van der Waals surface area contributed by atoms with Crippen LogP contribution in [-0.4, -0.2) is 34.7 Å². The molecule has 0 bridgehead atoms. The van der Waals surface area contributed by atoms with Gasteiger partial charge in [0.1, 0.15) is 0 Å². The van der Waals surface area contributed by atoms with E-state index in [2.05, 4.69) is 32.6 Å². The molecule has 1 saturated heterocycles. The van der Waals surface area contributed by atoms with Gasteiger partial charge in [0, 0.05) is 24.7 Å². The summed E-state index contributed by atoms with van der Waals surface area (Å²) in [6.07, 6.45) is 3.42. The Hall–Kier alpha value is -0.0800. The number of hydrogen-bond donors (Lipinski definition) is 1. The van der Waals surface area contributed by atoms with Crippen LogP contribution in [0.25, 0.3) is 0 Å². The maximum atomic E-state index is 8.96. The van der Waals surface area contributed by atoms with Gasteiger partial charge in [0.05, 0.1) is 0 Å². The molecule has 0 aliphatic carbocycles. The Kier molecular flexibility index (Phi) is 3.96. The molecule has 1 N–H and O–H groups in total. The normalized spacial score (nSPS) is 29.4. The third kappa shape index (κ3) is 2.48. The number of rotatable bonds is 4. The number of likely N-dealkylation sites (tertiary alicyclic amines) is 1. The van der Waals surface area contributed by atoms with Crippen molar-refractivity contribution in [3.8, 4) is 0 Å². The lowest BCUT2D eigenvalue weighted by Gasteiger charge is -2.36. The van der Waals surface area contributed by atoms with Crippen LogP contribution in [0, 0.1) is 5.92 Å². The van der Waals surface area contributed by atoms with Crippen LogP contribution in [-0.2, 0) is 0 Å². The summed E-state index contributed by atoms with van der Waals surface area (Å²) in [6, 6.07) is 0.675. The fraction of sp³-hybridized carbons (Fsp3) is 1.00. The van der Waals surface area contributed by atoms with Crippen molar-refractivity contribution in [1.82, 2.24) is 4.90 Å². The molecule has 1 heterocycles. The topological polar surface area (TPSA) is 23.5 Å². The van der Waals surface area contributed by atoms with Crippen molar-refractivity contribution in [2.24, 2.45) is 5.92 Å². The van der Waals surface area contributed by atoms with E-state index >= 15 is 0 Å². The predicted molar refractivity (Wildman–Crippen MR) is 60.3 cm³/mol. The minimum atomic E-state index is 0.329. The summed E-state index contributed by atoms with van der Waals surface area (Å²) in [5.41, 5.74) is 0.329. The first kappa shape index (κ1) is 12.0. The smallest absolute Gasteiger partial charge is 0.0434 e. The highest BCUT2D eigenvalue weighted by Crippen LogP contribution is 2.36. The summed E-state index contributed by atoms with van der Waals surface area (Å²) in [7, 11) is 0. The Morgan fingerprint density at radius 2 is 2.14 bits per heavy atom. The van der Waals surface area contributed by atoms with E-state index in [1.54, 1.807) is 0 Å². The molecule has 0 radical (unpaired) electrons. The standard InChI is InChI=1S/C12H25NO/c1-5-10(2)13-9-11(6-7-14)8-12(13,3)4/h10-11,14H,5-9H2,1-4H3. The molecule has 0 amide bonds. The monoisotopic (exact) mass is 199 g/mol. The van der Waals surface area contributed by atoms with E-state index in [1.165, 1.54) is 19.4 Å². The minimum absolute atomic E-state index is 0.329. The van der Waals surface area contributed by atoms with Crippen LogP contribution in [0.1, 0.15) is 47.0 Å². The first-order valence-electron chi connectivity index (χ1n) is 5.89. The molecule has 0 aromatic heterocycles. The largest absolute Gasteiger partial charge is 0.396 e. The molecule has 0 saturated carbocycles. The molecule has 2 atom stereocenters. The second-order valence-corrected chi connectivity index (χ2v) is 5.30. The summed E-state index contributed by atoms with van der Waals surface area (Å²) in [4.78, 5) is 2.60. The molecule has 0 aromatic rings. The third-order valence-electron chi connectivity index (χ3n) is 3.68. The van der Waals surface area contributed by atoms with E-state index in [-0.39, 0.29) is 0 Å². The van der Waals surface area contributed by atoms with Gasteiger partial charge in [-0.15, -0.1) is 0 Å². The predicted octanol–water partition coefficient (Wildman–Crippen LogP) is 2.27. The molecule has 1 aliphatic rings. The van der Waals surface area contributed by atoms with Crippen molar-refractivity contribution in [3.05, 3.63) is 0 Å². The van der Waals surface area contributed by atoms with Gasteiger partial charge in [-0.2, -0.15) is 0 Å². The van der Waals surface area contributed by atoms with Gasteiger partial charge >= 0.3 is 0 Å². The average Bonchev–Trinajstić information content (AvgIpc) is 2.40. The van der Waals surface area contributed by atoms with Crippen LogP contribution in [0.2, 0.25) is 0 Å². The number of aliphatic hydroxyl groups excluding tert-OH is 1. The SMILES string of the molecule is CCC(C)N1CC(CCO)CC1(C)C. The van der Waals surface area contributed by atoms with Crippen molar-refractivity contribution in [1.29, 1.82) is 0 Å². The zero-order chi connectivity index (χ0) is 10.8. The van der Waals surface area contributed by atoms with E-state index in [0.717, 1.165) is 6.42 Å². The van der Waals surface area contributed by atoms with Crippen molar-refractivity contribution < 1.29 is 5.11 Å². The van der Waals surface area contributed by atoms with Crippen LogP contribution in [0.5, 0.6) is 0 Å². The van der Waals surface area contributed by atoms with E-state index in [9.17, 15) is 0 Å². The minimum Gasteiger partial charge on any atom is -0.396 e. The number of aliphatic hydroxyl groups is 1. The Bertz CT molecular complexity index is 179. The molecule has 0 aromatic carbocycles. The molecule has 2 heteroatoms. The summed E-state index contributed by atoms with van der Waals surface area (Å²) in [5.74, 6) is 0.698. The molecule has 84 valence electrons. The molecular formula is C12H25NO. The van der Waals surface area contributed by atoms with E-state index < -0.39 is 0 Å². The average molecular weight is 199 g/mol. The van der Waals surface area contributed by atoms with Crippen molar-refractivity contribution in [3.63, 3.8) is 0 Å². The van der Waals surface area contributed by atoms with E-state index in [1.807, 2.05) is 0 Å². The zero-order valence-electron chi connectivity index (χ0n) is 10.1. The van der Waals surface area contributed by atoms with Gasteiger partial charge in [0.15, 0.2) is 0 Å². The Morgan fingerprint density at radius 3 is 2.64 bits per heavy atom. The van der Waals surface area contributed by atoms with Crippen LogP contribution in [0.15, 0.2) is 0 Å². The van der Waals surface area contributed by atoms with Crippen molar-refractivity contribution in [2.75, 3.05) is 13.2 Å². The highest BCUT2D eigenvalue weighted by atomic mass is 16.3. The fourth-order valence-corrected chi connectivity index (χ4v) is 2.79. The Labute approximate surface area is 88.3 Å². The van der Waals surface area contributed by atoms with Gasteiger partial charge in [-0.3, -0.25) is 4.90 Å². The maximum absolute atomic E-state index is 8.96. The summed E-state index contributed by atoms with van der Waals surface area (Å²) < 4.78 is 0. The number of hydrogen-bond acceptors (Lipinski definition) is 2. The first-order valence-corrected chi connectivity index (χ1v) is 5.89.